The Labute approximate surface area is 298 Å². The number of nitrogens with zero attached hydrogens (tertiary/aromatic N) is 2. The largest absolute Gasteiger partial charge is 0.466 e. The lowest BCUT2D eigenvalue weighted by Gasteiger charge is -2.44. The Balaban J connectivity index is 1.81. The normalized spacial score (nSPS) is 15.0. The van der Waals surface area contributed by atoms with Gasteiger partial charge in [-0.3, -0.25) is 28.3 Å². The van der Waals surface area contributed by atoms with Crippen LogP contribution in [0.2, 0.25) is 96.2 Å². The van der Waals surface area contributed by atoms with E-state index in [2.05, 4.69) is 85.5 Å². The Bertz CT molecular complexity index is 1790. The summed E-state index contributed by atoms with van der Waals surface area (Å²) in [6, 6.07) is 6.49. The van der Waals surface area contributed by atoms with Gasteiger partial charge in [0.2, 0.25) is 0 Å². The van der Waals surface area contributed by atoms with Crippen LogP contribution in [0.15, 0.2) is 43.6 Å². The zero-order valence-corrected chi connectivity index (χ0v) is 38.3. The summed E-state index contributed by atoms with van der Waals surface area (Å²) < 4.78 is 30.2. The van der Waals surface area contributed by atoms with Gasteiger partial charge in [0.25, 0.3) is 22.2 Å². The molecule has 0 aliphatic rings. The quantitative estimate of drug-likeness (QED) is 0.119. The molecule has 16 heteroatoms. The summed E-state index contributed by atoms with van der Waals surface area (Å²) in [4.78, 5) is 51.7. The Morgan fingerprint density at radius 3 is 1.37 bits per heavy atom. The highest BCUT2D eigenvalue weighted by atomic mass is 28.5. The minimum atomic E-state index is -3.11. The van der Waals surface area contributed by atoms with Gasteiger partial charge in [0, 0.05) is 20.1 Å². The number of hydrogen-bond acceptors (Lipinski definition) is 8. The maximum atomic E-state index is 13.3. The average molecular weight is 781 g/mol. The highest BCUT2D eigenvalue weighted by Crippen LogP contribution is 2.33. The molecule has 0 fully saturated rings. The summed E-state index contributed by atoms with van der Waals surface area (Å²) in [7, 11) is -12.3. The highest BCUT2D eigenvalue weighted by molar-refractivity contribution is 6.91. The Morgan fingerprint density at radius 1 is 0.592 bits per heavy atom. The summed E-state index contributed by atoms with van der Waals surface area (Å²) in [5, 5.41) is 0.679. The first-order chi connectivity index (χ1) is 22.3. The average Bonchev–Trinajstić information content (AvgIpc) is 3.31. The molecular weight excluding hydrogens is 721 g/mol. The van der Waals surface area contributed by atoms with E-state index < -0.39 is 72.6 Å². The molecule has 3 rings (SSSR count). The molecule has 0 amide bonds. The van der Waals surface area contributed by atoms with Crippen molar-refractivity contribution in [2.45, 2.75) is 129 Å². The number of hydrogen-bond donors (Lipinski definition) is 0. The van der Waals surface area contributed by atoms with Gasteiger partial charge in [-0.05, 0) is 108 Å². The SMILES string of the molecule is C=C[Si](C)(C)O[Si](C)(C)CC[Si](C)(C)O[Si](C)(O[Si](C)(C)CCCC)O[Si](C)(C)CCCn1c(=O)c2cc3c(=O)n(C)c(=O)c3cc2c1=O. The van der Waals surface area contributed by atoms with E-state index in [1.165, 1.54) is 23.7 Å². The molecule has 0 bridgehead atoms. The predicted octanol–water partition coefficient (Wildman–Crippen LogP) is 7.03. The molecule has 0 spiro atoms. The first-order valence-electron chi connectivity index (χ1n) is 17.6. The summed E-state index contributed by atoms with van der Waals surface area (Å²) >= 11 is 0. The molecule has 0 saturated carbocycles. The van der Waals surface area contributed by atoms with Gasteiger partial charge in [0.05, 0.1) is 21.5 Å². The fourth-order valence-corrected chi connectivity index (χ4v) is 35.1. The van der Waals surface area contributed by atoms with Crippen LogP contribution in [0.5, 0.6) is 0 Å². The van der Waals surface area contributed by atoms with Gasteiger partial charge in [-0.15, -0.1) is 6.58 Å². The summed E-state index contributed by atoms with van der Waals surface area (Å²) in [5.41, 5.74) is 0.204. The van der Waals surface area contributed by atoms with Gasteiger partial charge in [0.15, 0.2) is 41.6 Å². The zero-order chi connectivity index (χ0) is 37.4. The van der Waals surface area contributed by atoms with E-state index in [-0.39, 0.29) is 28.1 Å². The van der Waals surface area contributed by atoms with E-state index in [4.69, 9.17) is 16.5 Å². The molecule has 1 aromatic carbocycles. The van der Waals surface area contributed by atoms with Crippen molar-refractivity contribution in [2.24, 2.45) is 7.05 Å². The first kappa shape index (κ1) is 41.8. The van der Waals surface area contributed by atoms with Crippen molar-refractivity contribution in [2.75, 3.05) is 0 Å². The molecule has 0 N–H and O–H groups in total. The van der Waals surface area contributed by atoms with E-state index in [0.29, 0.717) is 12.5 Å². The number of fused-ring (bicyclic) bond motifs is 2. The van der Waals surface area contributed by atoms with Crippen LogP contribution in [0.4, 0.5) is 0 Å². The van der Waals surface area contributed by atoms with Gasteiger partial charge in [-0.1, -0.05) is 25.5 Å². The van der Waals surface area contributed by atoms with Gasteiger partial charge in [-0.2, -0.15) is 0 Å². The molecule has 0 radical (unpaired) electrons. The summed E-state index contributed by atoms with van der Waals surface area (Å²) in [6.07, 6.45) is 2.77. The van der Waals surface area contributed by atoms with Crippen molar-refractivity contribution in [1.29, 1.82) is 0 Å². The lowest BCUT2D eigenvalue weighted by Crippen LogP contribution is -2.60. The van der Waals surface area contributed by atoms with Crippen LogP contribution in [-0.2, 0) is 30.1 Å². The number of aromatic nitrogens is 2. The van der Waals surface area contributed by atoms with E-state index in [0.717, 1.165) is 35.5 Å². The Morgan fingerprint density at radius 2 is 0.959 bits per heavy atom. The second-order valence-corrected chi connectivity index (χ2v) is 41.4. The molecule has 10 nitrogen and oxygen atoms in total. The van der Waals surface area contributed by atoms with Crippen molar-refractivity contribution in [3.63, 3.8) is 0 Å². The first-order valence-corrected chi connectivity index (χ1v) is 35.3. The lowest BCUT2D eigenvalue weighted by atomic mass is 10.1. The molecular formula is C33H60N2O8Si6. The minimum absolute atomic E-state index is 0.165. The number of benzene rings is 1. The third-order valence-electron chi connectivity index (χ3n) is 9.22. The van der Waals surface area contributed by atoms with Crippen molar-refractivity contribution >= 4 is 71.9 Å². The fraction of sp³-hybridized carbons (Fsp3) is 0.636. The van der Waals surface area contributed by atoms with Crippen LogP contribution >= 0.6 is 0 Å². The predicted molar refractivity (Wildman–Crippen MR) is 218 cm³/mol. The Kier molecular flexibility index (Phi) is 12.9. The smallest absolute Gasteiger partial charge is 0.453 e. The molecule has 274 valence electrons. The maximum absolute atomic E-state index is 13.3. The second-order valence-electron chi connectivity index (χ2n) is 16.7. The third-order valence-corrected chi connectivity index (χ3v) is 32.1. The topological polar surface area (TPSA) is 115 Å². The standard InChI is InChI=1S/C33H60N2O8Si6/c1-15-17-20-45(6,7)41-49(14,43-48(12,13)23-22-47(10,11)40-44(4,5)16-2)42-46(8,9)21-18-19-35-32(38)28-24-26-27(25-29(28)33(35)39)31(37)34(3)30(26)36/h16,24-25H,2,15,17-23H2,1,3-14H3. The molecule has 2 aromatic heterocycles. The molecule has 49 heavy (non-hydrogen) atoms. The van der Waals surface area contributed by atoms with Crippen molar-refractivity contribution in [3.8, 4) is 0 Å². The third kappa shape index (κ3) is 10.7. The molecule has 0 aliphatic heterocycles. The van der Waals surface area contributed by atoms with Gasteiger partial charge in [0.1, 0.15) is 0 Å². The van der Waals surface area contributed by atoms with Crippen LogP contribution < -0.4 is 22.2 Å². The molecule has 1 unspecified atom stereocenters. The molecule has 1 atom stereocenters. The van der Waals surface area contributed by atoms with E-state index in [9.17, 15) is 19.2 Å². The minimum Gasteiger partial charge on any atom is -0.453 e. The lowest BCUT2D eigenvalue weighted by molar-refractivity contribution is 0.257. The van der Waals surface area contributed by atoms with Crippen LogP contribution in [-0.4, -0.2) is 59.5 Å². The monoisotopic (exact) mass is 780 g/mol. The number of unbranched alkanes of at least 4 members (excludes halogenated alkanes) is 1. The Hall–Kier alpha value is -1.62. The molecule has 3 aromatic rings. The van der Waals surface area contributed by atoms with Crippen molar-refractivity contribution < 1.29 is 16.5 Å². The van der Waals surface area contributed by atoms with Gasteiger partial charge < -0.3 is 16.5 Å². The van der Waals surface area contributed by atoms with Gasteiger partial charge in [-0.25, -0.2) is 0 Å². The number of rotatable bonds is 19. The van der Waals surface area contributed by atoms with Gasteiger partial charge >= 0.3 is 8.80 Å². The van der Waals surface area contributed by atoms with Crippen LogP contribution in [0, 0.1) is 0 Å². The fourth-order valence-electron chi connectivity index (χ4n) is 6.74. The van der Waals surface area contributed by atoms with E-state index >= 15 is 0 Å². The molecule has 2 heterocycles. The van der Waals surface area contributed by atoms with Crippen molar-refractivity contribution in [3.05, 3.63) is 65.8 Å². The second kappa shape index (κ2) is 15.2. The van der Waals surface area contributed by atoms with Crippen molar-refractivity contribution in [1.82, 2.24) is 9.13 Å². The summed E-state index contributed by atoms with van der Waals surface area (Å²) in [5.74, 6) is 0. The van der Waals surface area contributed by atoms with Crippen LogP contribution in [0.1, 0.15) is 26.2 Å². The van der Waals surface area contributed by atoms with E-state index in [1.807, 2.05) is 5.70 Å². The van der Waals surface area contributed by atoms with E-state index in [1.54, 1.807) is 0 Å². The molecule has 0 saturated heterocycles. The maximum Gasteiger partial charge on any atom is 0.466 e. The van der Waals surface area contributed by atoms with Crippen LogP contribution in [0.3, 0.4) is 0 Å². The van der Waals surface area contributed by atoms with Crippen LogP contribution in [0.25, 0.3) is 21.5 Å². The summed E-state index contributed by atoms with van der Waals surface area (Å²) in [6.45, 7) is 30.8. The zero-order valence-electron chi connectivity index (χ0n) is 32.3. The highest BCUT2D eigenvalue weighted by Gasteiger charge is 2.49. The molecule has 0 aliphatic carbocycles.